The first-order chi connectivity index (χ1) is 9.60. The van der Waals surface area contributed by atoms with Crippen LogP contribution in [0.5, 0.6) is 5.88 Å². The van der Waals surface area contributed by atoms with Gasteiger partial charge in [0, 0.05) is 18.8 Å². The van der Waals surface area contributed by atoms with Crippen molar-refractivity contribution in [1.29, 1.82) is 0 Å². The van der Waals surface area contributed by atoms with Crippen LogP contribution in [-0.4, -0.2) is 28.2 Å². The second-order valence-electron chi connectivity index (χ2n) is 3.76. The Morgan fingerprint density at radius 3 is 2.80 bits per heavy atom. The van der Waals surface area contributed by atoms with E-state index in [1.54, 1.807) is 18.3 Å². The molecule has 0 radical (unpaired) electrons. The summed E-state index contributed by atoms with van der Waals surface area (Å²) >= 11 is 11.5. The van der Waals surface area contributed by atoms with Gasteiger partial charge < -0.3 is 10.1 Å². The third-order valence-corrected chi connectivity index (χ3v) is 2.89. The van der Waals surface area contributed by atoms with Gasteiger partial charge in [0.05, 0.1) is 12.7 Å². The zero-order valence-electron chi connectivity index (χ0n) is 10.4. The van der Waals surface area contributed by atoms with E-state index in [0.717, 1.165) is 5.56 Å². The molecule has 0 unspecified atom stereocenters. The molecular formula is C12H10Cl2N4O2. The molecule has 6 nitrogen and oxygen atoms in total. The zero-order valence-corrected chi connectivity index (χ0v) is 11.9. The fraction of sp³-hybridized carbons (Fsp3) is 0.167. The van der Waals surface area contributed by atoms with Gasteiger partial charge in [-0.05, 0) is 11.6 Å². The maximum atomic E-state index is 11.9. The van der Waals surface area contributed by atoms with E-state index in [0.29, 0.717) is 12.4 Å². The molecule has 0 spiro atoms. The summed E-state index contributed by atoms with van der Waals surface area (Å²) in [6.07, 6.45) is 1.61. The van der Waals surface area contributed by atoms with Crippen LogP contribution in [0.4, 0.5) is 0 Å². The number of pyridine rings is 1. The quantitative estimate of drug-likeness (QED) is 0.935. The molecule has 0 bridgehead atoms. The summed E-state index contributed by atoms with van der Waals surface area (Å²) in [6.45, 7) is 0.298. The average molecular weight is 313 g/mol. The van der Waals surface area contributed by atoms with Crippen molar-refractivity contribution >= 4 is 29.1 Å². The summed E-state index contributed by atoms with van der Waals surface area (Å²) in [5, 5.41) is 9.90. The summed E-state index contributed by atoms with van der Waals surface area (Å²) in [5.74, 6) is 0.121. The maximum Gasteiger partial charge on any atom is 0.254 e. The van der Waals surface area contributed by atoms with Gasteiger partial charge in [-0.3, -0.25) is 4.79 Å². The van der Waals surface area contributed by atoms with Crippen LogP contribution < -0.4 is 10.1 Å². The number of carbonyl (C=O) groups excluding carboxylic acids is 1. The lowest BCUT2D eigenvalue weighted by Gasteiger charge is -2.06. The summed E-state index contributed by atoms with van der Waals surface area (Å²) < 4.78 is 4.95. The average Bonchev–Trinajstić information content (AvgIpc) is 2.47. The summed E-state index contributed by atoms with van der Waals surface area (Å²) in [4.78, 5) is 16.0. The molecule has 0 fully saturated rings. The SMILES string of the molecule is COc1ccc(CNC(=O)c2cc(Cl)nnc2Cl)cn1. The largest absolute Gasteiger partial charge is 0.481 e. The first kappa shape index (κ1) is 14.5. The number of methoxy groups -OCH3 is 1. The van der Waals surface area contributed by atoms with Crippen molar-refractivity contribution in [1.82, 2.24) is 20.5 Å². The van der Waals surface area contributed by atoms with Crippen LogP contribution in [0, 0.1) is 0 Å². The second kappa shape index (κ2) is 6.49. The lowest BCUT2D eigenvalue weighted by Crippen LogP contribution is -2.23. The molecule has 2 heterocycles. The molecule has 2 aromatic heterocycles. The predicted octanol–water partition coefficient (Wildman–Crippen LogP) is 2.12. The summed E-state index contributed by atoms with van der Waals surface area (Å²) in [7, 11) is 1.53. The molecule has 2 rings (SSSR count). The number of halogens is 2. The van der Waals surface area contributed by atoms with Crippen molar-refractivity contribution in [3.05, 3.63) is 45.8 Å². The highest BCUT2D eigenvalue weighted by Crippen LogP contribution is 2.15. The van der Waals surface area contributed by atoms with Gasteiger partial charge in [0.2, 0.25) is 5.88 Å². The van der Waals surface area contributed by atoms with Crippen molar-refractivity contribution in [2.24, 2.45) is 0 Å². The fourth-order valence-corrected chi connectivity index (χ4v) is 1.75. The molecule has 1 N–H and O–H groups in total. The molecule has 0 saturated heterocycles. The molecule has 2 aromatic rings. The number of carbonyl (C=O) groups is 1. The van der Waals surface area contributed by atoms with Crippen LogP contribution in [0.1, 0.15) is 15.9 Å². The molecule has 0 aromatic carbocycles. The first-order valence-corrected chi connectivity index (χ1v) is 6.31. The highest BCUT2D eigenvalue weighted by Gasteiger charge is 2.12. The smallest absolute Gasteiger partial charge is 0.254 e. The van der Waals surface area contributed by atoms with Crippen molar-refractivity contribution in [3.8, 4) is 5.88 Å². The first-order valence-electron chi connectivity index (χ1n) is 5.56. The van der Waals surface area contributed by atoms with E-state index in [9.17, 15) is 4.79 Å². The van der Waals surface area contributed by atoms with Gasteiger partial charge >= 0.3 is 0 Å². The highest BCUT2D eigenvalue weighted by molar-refractivity contribution is 6.34. The number of nitrogens with zero attached hydrogens (tertiary/aromatic N) is 3. The van der Waals surface area contributed by atoms with Gasteiger partial charge in [0.1, 0.15) is 0 Å². The van der Waals surface area contributed by atoms with Gasteiger partial charge in [0.15, 0.2) is 10.3 Å². The molecule has 0 saturated carbocycles. The van der Waals surface area contributed by atoms with Crippen molar-refractivity contribution in [2.45, 2.75) is 6.54 Å². The number of amides is 1. The molecule has 0 aliphatic rings. The Bertz CT molecular complexity index is 619. The van der Waals surface area contributed by atoms with Crippen LogP contribution in [0.2, 0.25) is 10.3 Å². The fourth-order valence-electron chi connectivity index (χ4n) is 1.43. The van der Waals surface area contributed by atoms with Crippen LogP contribution in [0.3, 0.4) is 0 Å². The molecular weight excluding hydrogens is 303 g/mol. The lowest BCUT2D eigenvalue weighted by molar-refractivity contribution is 0.0950. The Kier molecular flexibility index (Phi) is 4.70. The molecule has 104 valence electrons. The van der Waals surface area contributed by atoms with E-state index in [2.05, 4.69) is 20.5 Å². The van der Waals surface area contributed by atoms with Crippen LogP contribution in [0.25, 0.3) is 0 Å². The lowest BCUT2D eigenvalue weighted by atomic mass is 10.2. The van der Waals surface area contributed by atoms with Gasteiger partial charge in [0.25, 0.3) is 5.91 Å². The number of hydrogen-bond donors (Lipinski definition) is 1. The number of ether oxygens (including phenoxy) is 1. The van der Waals surface area contributed by atoms with E-state index in [1.165, 1.54) is 13.2 Å². The standard InChI is InChI=1S/C12H10Cl2N4O2/c1-20-10-3-2-7(5-15-10)6-16-12(19)8-4-9(13)17-18-11(8)14/h2-5H,6H2,1H3,(H,16,19). The monoisotopic (exact) mass is 312 g/mol. The third-order valence-electron chi connectivity index (χ3n) is 2.42. The Labute approximate surface area is 125 Å². The zero-order chi connectivity index (χ0) is 14.5. The van der Waals surface area contributed by atoms with E-state index < -0.39 is 0 Å². The minimum atomic E-state index is -0.386. The Hall–Kier alpha value is -1.92. The predicted molar refractivity (Wildman–Crippen MR) is 74.0 cm³/mol. The molecule has 20 heavy (non-hydrogen) atoms. The van der Waals surface area contributed by atoms with Crippen molar-refractivity contribution < 1.29 is 9.53 Å². The van der Waals surface area contributed by atoms with Crippen molar-refractivity contribution in [3.63, 3.8) is 0 Å². The third kappa shape index (κ3) is 3.55. The van der Waals surface area contributed by atoms with E-state index in [4.69, 9.17) is 27.9 Å². The molecule has 0 atom stereocenters. The Morgan fingerprint density at radius 2 is 2.15 bits per heavy atom. The molecule has 0 aliphatic heterocycles. The molecule has 0 aliphatic carbocycles. The Balaban J connectivity index is 2.02. The van der Waals surface area contributed by atoms with Crippen LogP contribution in [-0.2, 0) is 6.54 Å². The van der Waals surface area contributed by atoms with Gasteiger partial charge in [-0.15, -0.1) is 10.2 Å². The van der Waals surface area contributed by atoms with Gasteiger partial charge in [-0.2, -0.15) is 0 Å². The summed E-state index contributed by atoms with van der Waals surface area (Å²) in [6, 6.07) is 4.86. The van der Waals surface area contributed by atoms with Crippen LogP contribution >= 0.6 is 23.2 Å². The number of hydrogen-bond acceptors (Lipinski definition) is 5. The minimum Gasteiger partial charge on any atom is -0.481 e. The summed E-state index contributed by atoms with van der Waals surface area (Å²) in [5.41, 5.74) is 0.997. The highest BCUT2D eigenvalue weighted by atomic mass is 35.5. The second-order valence-corrected chi connectivity index (χ2v) is 4.51. The van der Waals surface area contributed by atoms with Crippen LogP contribution in [0.15, 0.2) is 24.4 Å². The minimum absolute atomic E-state index is 0.000226. The van der Waals surface area contributed by atoms with Gasteiger partial charge in [-0.25, -0.2) is 4.98 Å². The number of aromatic nitrogens is 3. The van der Waals surface area contributed by atoms with E-state index in [1.807, 2.05) is 0 Å². The topological polar surface area (TPSA) is 77.0 Å². The number of nitrogens with one attached hydrogen (secondary N) is 1. The van der Waals surface area contributed by atoms with E-state index >= 15 is 0 Å². The molecule has 8 heteroatoms. The maximum absolute atomic E-state index is 11.9. The van der Waals surface area contributed by atoms with E-state index in [-0.39, 0.29) is 21.8 Å². The number of rotatable bonds is 4. The Morgan fingerprint density at radius 1 is 1.35 bits per heavy atom. The van der Waals surface area contributed by atoms with Gasteiger partial charge in [-0.1, -0.05) is 29.3 Å². The van der Waals surface area contributed by atoms with Crippen molar-refractivity contribution in [2.75, 3.05) is 7.11 Å². The normalized spacial score (nSPS) is 10.2. The molecule has 1 amide bonds.